The van der Waals surface area contributed by atoms with Crippen molar-refractivity contribution < 1.29 is 9.66 Å². The summed E-state index contributed by atoms with van der Waals surface area (Å²) in [5.74, 6) is 0.605. The quantitative estimate of drug-likeness (QED) is 0.406. The van der Waals surface area contributed by atoms with E-state index in [0.29, 0.717) is 11.1 Å². The standard InChI is InChI=1S/C14H8Br2N2O3/c15-7-10-2-3-11(16)6-14(10)21-13-4-1-9(8-17)5-12(13)18(19)20/h1-6H,7H2. The third-order valence-corrected chi connectivity index (χ3v) is 3.78. The van der Waals surface area contributed by atoms with Gasteiger partial charge in [0.05, 0.1) is 16.6 Å². The van der Waals surface area contributed by atoms with E-state index in [1.54, 1.807) is 6.07 Å². The minimum atomic E-state index is -0.567. The van der Waals surface area contributed by atoms with E-state index in [0.717, 1.165) is 10.0 Å². The summed E-state index contributed by atoms with van der Waals surface area (Å²) < 4.78 is 6.47. The van der Waals surface area contributed by atoms with Gasteiger partial charge in [0, 0.05) is 21.4 Å². The summed E-state index contributed by atoms with van der Waals surface area (Å²) in [6.07, 6.45) is 0. The Labute approximate surface area is 137 Å². The third kappa shape index (κ3) is 3.60. The zero-order valence-electron chi connectivity index (χ0n) is 10.5. The van der Waals surface area contributed by atoms with Crippen LogP contribution in [0.4, 0.5) is 5.69 Å². The largest absolute Gasteiger partial charge is 0.450 e. The molecule has 0 saturated heterocycles. The number of nitro benzene ring substituents is 1. The van der Waals surface area contributed by atoms with E-state index in [9.17, 15) is 10.1 Å². The molecule has 0 radical (unpaired) electrons. The van der Waals surface area contributed by atoms with Crippen molar-refractivity contribution in [3.8, 4) is 17.6 Å². The predicted molar refractivity (Wildman–Crippen MR) is 84.7 cm³/mol. The Morgan fingerprint density at radius 2 is 2.00 bits per heavy atom. The molecule has 0 aromatic heterocycles. The molecule has 0 N–H and O–H groups in total. The molecule has 0 aliphatic rings. The molecular formula is C14H8Br2N2O3. The second-order valence-electron chi connectivity index (χ2n) is 4.04. The Morgan fingerprint density at radius 3 is 2.62 bits per heavy atom. The van der Waals surface area contributed by atoms with Crippen LogP contribution in [0.25, 0.3) is 0 Å². The van der Waals surface area contributed by atoms with E-state index in [2.05, 4.69) is 31.9 Å². The van der Waals surface area contributed by atoms with Crippen molar-refractivity contribution >= 4 is 37.5 Å². The highest BCUT2D eigenvalue weighted by Gasteiger charge is 2.18. The van der Waals surface area contributed by atoms with Gasteiger partial charge in [0.15, 0.2) is 0 Å². The lowest BCUT2D eigenvalue weighted by atomic mass is 10.2. The summed E-state index contributed by atoms with van der Waals surface area (Å²) >= 11 is 6.68. The van der Waals surface area contributed by atoms with E-state index < -0.39 is 4.92 Å². The molecule has 0 saturated carbocycles. The molecule has 0 fully saturated rings. The lowest BCUT2D eigenvalue weighted by Gasteiger charge is -2.10. The fraction of sp³-hybridized carbons (Fsp3) is 0.0714. The van der Waals surface area contributed by atoms with Gasteiger partial charge in [-0.15, -0.1) is 0 Å². The number of rotatable bonds is 4. The highest BCUT2D eigenvalue weighted by Crippen LogP contribution is 2.35. The molecule has 0 bridgehead atoms. The van der Waals surface area contributed by atoms with Crippen LogP contribution in [0.3, 0.4) is 0 Å². The third-order valence-electron chi connectivity index (χ3n) is 2.68. The van der Waals surface area contributed by atoms with Crippen molar-refractivity contribution in [3.05, 3.63) is 62.1 Å². The van der Waals surface area contributed by atoms with Crippen LogP contribution in [-0.4, -0.2) is 4.92 Å². The highest BCUT2D eigenvalue weighted by atomic mass is 79.9. The van der Waals surface area contributed by atoms with Gasteiger partial charge in [0.25, 0.3) is 0 Å². The molecule has 0 aliphatic carbocycles. The molecular weight excluding hydrogens is 404 g/mol. The van der Waals surface area contributed by atoms with Gasteiger partial charge in [-0.2, -0.15) is 5.26 Å². The maximum absolute atomic E-state index is 11.1. The topological polar surface area (TPSA) is 76.2 Å². The second-order valence-corrected chi connectivity index (χ2v) is 5.52. The molecule has 0 amide bonds. The van der Waals surface area contributed by atoms with Gasteiger partial charge < -0.3 is 4.74 Å². The second kappa shape index (κ2) is 6.70. The van der Waals surface area contributed by atoms with Crippen molar-refractivity contribution in [1.29, 1.82) is 5.26 Å². The van der Waals surface area contributed by atoms with Crippen LogP contribution in [0.5, 0.6) is 11.5 Å². The molecule has 0 heterocycles. The van der Waals surface area contributed by atoms with E-state index in [1.807, 2.05) is 18.2 Å². The SMILES string of the molecule is N#Cc1ccc(Oc2cc(Br)ccc2CBr)c([N+](=O)[O-])c1. The van der Waals surface area contributed by atoms with Gasteiger partial charge >= 0.3 is 5.69 Å². The first-order valence-electron chi connectivity index (χ1n) is 5.76. The van der Waals surface area contributed by atoms with Crippen LogP contribution in [0.2, 0.25) is 0 Å². The Hall–Kier alpha value is -1.91. The Balaban J connectivity index is 2.47. The monoisotopic (exact) mass is 410 g/mol. The molecule has 0 spiro atoms. The van der Waals surface area contributed by atoms with E-state index in [4.69, 9.17) is 10.00 Å². The van der Waals surface area contributed by atoms with Crippen molar-refractivity contribution in [2.75, 3.05) is 0 Å². The fourth-order valence-electron chi connectivity index (χ4n) is 1.67. The van der Waals surface area contributed by atoms with Gasteiger partial charge in [0.2, 0.25) is 5.75 Å². The predicted octanol–water partition coefficient (Wildman–Crippen LogP) is 4.92. The highest BCUT2D eigenvalue weighted by molar-refractivity contribution is 9.10. The van der Waals surface area contributed by atoms with E-state index in [-0.39, 0.29) is 17.0 Å². The Morgan fingerprint density at radius 1 is 1.24 bits per heavy atom. The number of hydrogen-bond acceptors (Lipinski definition) is 4. The van der Waals surface area contributed by atoms with Crippen LogP contribution in [-0.2, 0) is 5.33 Å². The average Bonchev–Trinajstić information content (AvgIpc) is 2.47. The summed E-state index contributed by atoms with van der Waals surface area (Å²) in [6.45, 7) is 0. The molecule has 21 heavy (non-hydrogen) atoms. The maximum Gasteiger partial charge on any atom is 0.312 e. The number of nitriles is 1. The molecule has 2 aromatic carbocycles. The number of nitro groups is 1. The molecule has 2 aromatic rings. The van der Waals surface area contributed by atoms with Gasteiger partial charge in [0.1, 0.15) is 5.75 Å². The van der Waals surface area contributed by atoms with Crippen LogP contribution in [0, 0.1) is 21.4 Å². The molecule has 5 nitrogen and oxygen atoms in total. The first-order valence-corrected chi connectivity index (χ1v) is 7.67. The van der Waals surface area contributed by atoms with E-state index in [1.165, 1.54) is 18.2 Å². The first kappa shape index (κ1) is 15.5. The van der Waals surface area contributed by atoms with Crippen molar-refractivity contribution in [2.45, 2.75) is 5.33 Å². The lowest BCUT2D eigenvalue weighted by molar-refractivity contribution is -0.385. The van der Waals surface area contributed by atoms with E-state index >= 15 is 0 Å². The molecule has 106 valence electrons. The van der Waals surface area contributed by atoms with Crippen molar-refractivity contribution in [3.63, 3.8) is 0 Å². The van der Waals surface area contributed by atoms with Gasteiger partial charge in [-0.05, 0) is 24.3 Å². The van der Waals surface area contributed by atoms with Gasteiger partial charge in [-0.25, -0.2) is 0 Å². The van der Waals surface area contributed by atoms with Crippen LogP contribution in [0.15, 0.2) is 40.9 Å². The molecule has 0 aliphatic heterocycles. The number of ether oxygens (including phenoxy) is 1. The van der Waals surface area contributed by atoms with Crippen molar-refractivity contribution in [1.82, 2.24) is 0 Å². The van der Waals surface area contributed by atoms with Crippen LogP contribution < -0.4 is 4.74 Å². The van der Waals surface area contributed by atoms with Crippen LogP contribution >= 0.6 is 31.9 Å². The summed E-state index contributed by atoms with van der Waals surface area (Å²) in [7, 11) is 0. The Kier molecular flexibility index (Phi) is 4.94. The fourth-order valence-corrected chi connectivity index (χ4v) is 2.47. The summed E-state index contributed by atoms with van der Waals surface area (Å²) in [5.41, 5.74) is 0.829. The summed E-state index contributed by atoms with van der Waals surface area (Å²) in [4.78, 5) is 10.5. The molecule has 7 heteroatoms. The number of hydrogen-bond donors (Lipinski definition) is 0. The molecule has 2 rings (SSSR count). The Bertz CT molecular complexity index is 741. The number of alkyl halides is 1. The van der Waals surface area contributed by atoms with Gasteiger partial charge in [-0.1, -0.05) is 37.9 Å². The lowest BCUT2D eigenvalue weighted by Crippen LogP contribution is -1.96. The smallest absolute Gasteiger partial charge is 0.312 e. The molecule has 0 unspecified atom stereocenters. The first-order chi connectivity index (χ1) is 10.0. The summed E-state index contributed by atoms with van der Waals surface area (Å²) in [6, 6.07) is 11.4. The normalized spacial score (nSPS) is 9.95. The minimum absolute atomic E-state index is 0.0966. The number of benzene rings is 2. The summed E-state index contributed by atoms with van der Waals surface area (Å²) in [5, 5.41) is 20.5. The zero-order chi connectivity index (χ0) is 15.4. The number of nitrogens with zero attached hydrogens (tertiary/aromatic N) is 2. The minimum Gasteiger partial charge on any atom is -0.450 e. The zero-order valence-corrected chi connectivity index (χ0v) is 13.7. The van der Waals surface area contributed by atoms with Crippen molar-refractivity contribution in [2.24, 2.45) is 0 Å². The molecule has 0 atom stereocenters. The average molecular weight is 412 g/mol. The number of halogens is 2. The maximum atomic E-state index is 11.1. The van der Waals surface area contributed by atoms with Gasteiger partial charge in [-0.3, -0.25) is 10.1 Å². The van der Waals surface area contributed by atoms with Crippen LogP contribution in [0.1, 0.15) is 11.1 Å².